The zero-order valence-corrected chi connectivity index (χ0v) is 18.0. The van der Waals surface area contributed by atoms with Crippen molar-refractivity contribution in [1.82, 2.24) is 15.0 Å². The Labute approximate surface area is 184 Å². The molecule has 0 spiro atoms. The fourth-order valence-electron chi connectivity index (χ4n) is 3.12. The molecule has 4 aromatic rings. The molecule has 0 saturated heterocycles. The van der Waals surface area contributed by atoms with E-state index >= 15 is 0 Å². The van der Waals surface area contributed by atoms with Gasteiger partial charge in [-0.2, -0.15) is 10.2 Å². The minimum absolute atomic E-state index is 0.344. The number of nitriles is 1. The highest BCUT2D eigenvalue weighted by molar-refractivity contribution is 7.92. The van der Waals surface area contributed by atoms with Crippen LogP contribution in [0, 0.1) is 11.3 Å². The number of benzene rings is 2. The van der Waals surface area contributed by atoms with Crippen LogP contribution in [-0.4, -0.2) is 29.6 Å². The molecule has 0 bridgehead atoms. The Balaban J connectivity index is 1.54. The van der Waals surface area contributed by atoms with E-state index in [1.54, 1.807) is 30.6 Å². The van der Waals surface area contributed by atoms with Crippen LogP contribution < -0.4 is 20.3 Å². The van der Waals surface area contributed by atoms with Gasteiger partial charge < -0.3 is 10.6 Å². The summed E-state index contributed by atoms with van der Waals surface area (Å²) in [7, 11) is -3.38. The summed E-state index contributed by atoms with van der Waals surface area (Å²) < 4.78 is 25.4. The molecule has 0 radical (unpaired) electrons. The maximum atomic E-state index is 11.5. The van der Waals surface area contributed by atoms with Crippen molar-refractivity contribution < 1.29 is 13.4 Å². The Morgan fingerprint density at radius 1 is 1.09 bits per heavy atom. The molecule has 10 nitrogen and oxygen atoms in total. The number of sulfonamides is 1. The zero-order valence-electron chi connectivity index (χ0n) is 17.2. The minimum atomic E-state index is -3.38. The molecule has 5 N–H and O–H groups in total. The molecule has 2 heterocycles. The Morgan fingerprint density at radius 2 is 1.84 bits per heavy atom. The number of fused-ring (bicyclic) bond motifs is 1. The second-order valence-corrected chi connectivity index (χ2v) is 8.89. The average molecular weight is 450 g/mol. The van der Waals surface area contributed by atoms with Crippen molar-refractivity contribution in [2.45, 2.75) is 13.0 Å². The van der Waals surface area contributed by atoms with E-state index < -0.39 is 10.0 Å². The van der Waals surface area contributed by atoms with Crippen LogP contribution in [0.1, 0.15) is 11.1 Å². The summed E-state index contributed by atoms with van der Waals surface area (Å²) >= 11 is 0. The van der Waals surface area contributed by atoms with Crippen molar-refractivity contribution in [2.24, 2.45) is 0 Å². The number of imidazole rings is 1. The summed E-state index contributed by atoms with van der Waals surface area (Å²) in [5, 5.41) is 15.2. The predicted molar refractivity (Wildman–Crippen MR) is 122 cm³/mol. The van der Waals surface area contributed by atoms with Crippen LogP contribution in [0.3, 0.4) is 0 Å². The number of aromatic amines is 2. The molecule has 32 heavy (non-hydrogen) atoms. The first kappa shape index (κ1) is 21.1. The highest BCUT2D eigenvalue weighted by atomic mass is 32.2. The lowest BCUT2D eigenvalue weighted by Crippen LogP contribution is -2.10. The summed E-state index contributed by atoms with van der Waals surface area (Å²) in [5.74, 6) is 0.946. The van der Waals surface area contributed by atoms with E-state index in [1.807, 2.05) is 24.3 Å². The first-order valence-corrected chi connectivity index (χ1v) is 11.6. The third kappa shape index (κ3) is 5.30. The van der Waals surface area contributed by atoms with E-state index in [-0.39, 0.29) is 0 Å². The van der Waals surface area contributed by atoms with Crippen LogP contribution in [0.5, 0.6) is 0 Å². The highest BCUT2D eigenvalue weighted by Gasteiger charge is 2.16. The van der Waals surface area contributed by atoms with Crippen molar-refractivity contribution in [3.63, 3.8) is 0 Å². The lowest BCUT2D eigenvalue weighted by Gasteiger charge is -2.09. The van der Waals surface area contributed by atoms with Gasteiger partial charge in [0.25, 0.3) is 0 Å². The van der Waals surface area contributed by atoms with Gasteiger partial charge in [0.15, 0.2) is 12.1 Å². The van der Waals surface area contributed by atoms with Gasteiger partial charge in [-0.1, -0.05) is 35.3 Å². The molecule has 0 aliphatic carbocycles. The van der Waals surface area contributed by atoms with Gasteiger partial charge in [0.2, 0.25) is 15.5 Å². The van der Waals surface area contributed by atoms with Crippen molar-refractivity contribution in [3.05, 3.63) is 66.0 Å². The van der Waals surface area contributed by atoms with E-state index in [0.717, 1.165) is 22.9 Å². The number of rotatable bonds is 8. The van der Waals surface area contributed by atoms with Crippen molar-refractivity contribution >= 4 is 44.3 Å². The van der Waals surface area contributed by atoms with Gasteiger partial charge in [0.05, 0.1) is 24.4 Å². The number of nitrogens with zero attached hydrogens (tertiary/aromatic N) is 3. The lowest BCUT2D eigenvalue weighted by atomic mass is 10.1. The molecule has 162 valence electrons. The zero-order chi connectivity index (χ0) is 22.6. The quantitative estimate of drug-likeness (QED) is 0.323. The van der Waals surface area contributed by atoms with Crippen molar-refractivity contribution in [2.75, 3.05) is 21.6 Å². The number of hydrogen-bond acceptors (Lipinski definition) is 7. The Kier molecular flexibility index (Phi) is 5.87. The Hall–Kier alpha value is -4.17. The number of H-pyrrole nitrogens is 2. The molecule has 0 unspecified atom stereocenters. The number of nitrogens with one attached hydrogen (secondary N) is 5. The molecule has 0 amide bonds. The van der Waals surface area contributed by atoms with E-state index in [0.29, 0.717) is 41.8 Å². The molecule has 4 rings (SSSR count). The fourth-order valence-corrected chi connectivity index (χ4v) is 3.67. The largest absolute Gasteiger partial charge is 0.363 e. The van der Waals surface area contributed by atoms with Crippen LogP contribution in [-0.2, 0) is 23.0 Å². The number of aromatic nitrogens is 4. The van der Waals surface area contributed by atoms with E-state index in [4.69, 9.17) is 5.26 Å². The van der Waals surface area contributed by atoms with E-state index in [1.165, 1.54) is 0 Å². The van der Waals surface area contributed by atoms with Gasteiger partial charge in [-0.3, -0.25) is 9.71 Å². The third-order valence-corrected chi connectivity index (χ3v) is 5.13. The molecule has 0 aliphatic rings. The molecular formula is C21H21N8O2S+. The molecule has 0 aliphatic heterocycles. The van der Waals surface area contributed by atoms with Crippen LogP contribution in [0.2, 0.25) is 0 Å². The average Bonchev–Trinajstić information content (AvgIpc) is 3.21. The summed E-state index contributed by atoms with van der Waals surface area (Å²) in [5.41, 5.74) is 4.42. The Morgan fingerprint density at radius 3 is 2.59 bits per heavy atom. The van der Waals surface area contributed by atoms with Crippen LogP contribution in [0.4, 0.5) is 23.1 Å². The van der Waals surface area contributed by atoms with Gasteiger partial charge in [-0.25, -0.2) is 13.4 Å². The first-order chi connectivity index (χ1) is 15.4. The predicted octanol–water partition coefficient (Wildman–Crippen LogP) is 2.57. The maximum absolute atomic E-state index is 11.5. The molecule has 11 heteroatoms. The highest BCUT2D eigenvalue weighted by Crippen LogP contribution is 2.22. The number of hydrogen-bond donors (Lipinski definition) is 4. The topological polar surface area (TPSA) is 150 Å². The van der Waals surface area contributed by atoms with Crippen LogP contribution >= 0.6 is 0 Å². The summed E-state index contributed by atoms with van der Waals surface area (Å²) in [6.45, 7) is 0.533. The molecular weight excluding hydrogens is 428 g/mol. The van der Waals surface area contributed by atoms with E-state index in [2.05, 4.69) is 41.4 Å². The molecule has 2 aromatic heterocycles. The standard InChI is InChI=1S/C21H20N8O2S/c1-32(30,31)29-17-4-2-3-16(11-17)26-21-27-19(18-20(28-21)25-13-24-18)23-12-15-7-5-14(6-8-15)9-10-22/h2-8,11,13,29H,9,12H2,1H3,(H3,23,24,25,26,27,28)/p+1. The second-order valence-electron chi connectivity index (χ2n) is 7.14. The molecule has 0 atom stereocenters. The minimum Gasteiger partial charge on any atom is -0.363 e. The Bertz CT molecular complexity index is 1390. The van der Waals surface area contributed by atoms with E-state index in [9.17, 15) is 8.42 Å². The maximum Gasteiger partial charge on any atom is 0.307 e. The number of anilines is 4. The summed E-state index contributed by atoms with van der Waals surface area (Å²) in [4.78, 5) is 15.2. The monoisotopic (exact) mass is 449 g/mol. The van der Waals surface area contributed by atoms with Gasteiger partial charge in [-0.05, 0) is 29.3 Å². The molecule has 0 saturated carbocycles. The fraction of sp³-hybridized carbons (Fsp3) is 0.143. The van der Waals surface area contributed by atoms with Crippen LogP contribution in [0.25, 0.3) is 11.2 Å². The molecule has 0 fully saturated rings. The van der Waals surface area contributed by atoms with Crippen molar-refractivity contribution in [1.29, 1.82) is 5.26 Å². The van der Waals surface area contributed by atoms with Gasteiger partial charge >= 0.3 is 11.6 Å². The normalized spacial score (nSPS) is 11.1. The summed E-state index contributed by atoms with van der Waals surface area (Å²) in [6, 6.07) is 16.8. The first-order valence-electron chi connectivity index (χ1n) is 9.70. The van der Waals surface area contributed by atoms with Crippen molar-refractivity contribution in [3.8, 4) is 6.07 Å². The third-order valence-electron chi connectivity index (χ3n) is 4.52. The SMILES string of the molecule is CS(=O)(=O)Nc1cccc(Nc2nc(NCc3ccc(CC#N)cc3)c3[nH]c[nH+]c3n2)c1. The smallest absolute Gasteiger partial charge is 0.307 e. The van der Waals surface area contributed by atoms with Crippen LogP contribution in [0.15, 0.2) is 54.9 Å². The van der Waals surface area contributed by atoms with Gasteiger partial charge in [-0.15, -0.1) is 0 Å². The second kappa shape index (κ2) is 8.91. The molecule has 2 aromatic carbocycles. The van der Waals surface area contributed by atoms with Gasteiger partial charge in [0.1, 0.15) is 0 Å². The van der Waals surface area contributed by atoms with Gasteiger partial charge in [0, 0.05) is 12.2 Å². The lowest BCUT2D eigenvalue weighted by molar-refractivity contribution is -0.347. The summed E-state index contributed by atoms with van der Waals surface area (Å²) in [6.07, 6.45) is 3.15.